The molecule has 3 N–H and O–H groups in total. The van der Waals surface area contributed by atoms with Crippen molar-refractivity contribution in [3.63, 3.8) is 0 Å². The van der Waals surface area contributed by atoms with Gasteiger partial charge in [0.05, 0.1) is 13.3 Å². The molecule has 0 aliphatic carbocycles. The summed E-state index contributed by atoms with van der Waals surface area (Å²) in [5.41, 5.74) is 4.91. The first kappa shape index (κ1) is 17.3. The number of ether oxygens (including phenoxy) is 1. The molecule has 0 fully saturated rings. The highest BCUT2D eigenvalue weighted by Crippen LogP contribution is 2.20. The van der Waals surface area contributed by atoms with Crippen LogP contribution in [0.1, 0.15) is 18.1 Å². The van der Waals surface area contributed by atoms with Crippen LogP contribution in [-0.4, -0.2) is 30.4 Å². The minimum Gasteiger partial charge on any atom is -0.507 e. The second kappa shape index (κ2) is 8.01. The molecule has 2 aromatic carbocycles. The number of carbonyl (C=O) groups is 1. The second-order valence-electron chi connectivity index (χ2n) is 5.39. The lowest BCUT2D eigenvalue weighted by molar-refractivity contribution is -0.121. The van der Waals surface area contributed by atoms with Crippen molar-refractivity contribution < 1.29 is 14.6 Å². The molecule has 1 atom stereocenters. The Morgan fingerprint density at radius 2 is 1.96 bits per heavy atom. The molecule has 0 saturated heterocycles. The van der Waals surface area contributed by atoms with Gasteiger partial charge in [-0.05, 0) is 44.2 Å². The Labute approximate surface area is 141 Å². The van der Waals surface area contributed by atoms with Gasteiger partial charge in [-0.25, -0.2) is 5.43 Å². The van der Waals surface area contributed by atoms with E-state index in [0.29, 0.717) is 11.3 Å². The van der Waals surface area contributed by atoms with Gasteiger partial charge in [-0.1, -0.05) is 17.7 Å². The molecule has 24 heavy (non-hydrogen) atoms. The zero-order valence-corrected chi connectivity index (χ0v) is 13.9. The predicted molar refractivity (Wildman–Crippen MR) is 94.7 cm³/mol. The van der Waals surface area contributed by atoms with Crippen molar-refractivity contribution >= 4 is 17.8 Å². The molecular weight excluding hydrogens is 306 g/mol. The fourth-order valence-corrected chi connectivity index (χ4v) is 1.99. The second-order valence-corrected chi connectivity index (χ2v) is 5.39. The maximum absolute atomic E-state index is 12.0. The number of aryl methyl sites for hydroxylation is 1. The molecule has 1 amide bonds. The summed E-state index contributed by atoms with van der Waals surface area (Å²) < 4.78 is 5.08. The van der Waals surface area contributed by atoms with Crippen molar-refractivity contribution in [2.45, 2.75) is 19.9 Å². The Bertz CT molecular complexity index is 727. The van der Waals surface area contributed by atoms with E-state index in [2.05, 4.69) is 15.8 Å². The van der Waals surface area contributed by atoms with Crippen LogP contribution < -0.4 is 15.5 Å². The molecular formula is C18H21N3O3. The van der Waals surface area contributed by atoms with E-state index in [4.69, 9.17) is 4.74 Å². The van der Waals surface area contributed by atoms with Crippen molar-refractivity contribution in [1.82, 2.24) is 5.43 Å². The summed E-state index contributed by atoms with van der Waals surface area (Å²) in [5.74, 6) is 0.365. The Morgan fingerprint density at radius 3 is 2.62 bits per heavy atom. The van der Waals surface area contributed by atoms with Gasteiger partial charge in [0.1, 0.15) is 17.5 Å². The number of anilines is 1. The smallest absolute Gasteiger partial charge is 0.262 e. The summed E-state index contributed by atoms with van der Waals surface area (Å²) >= 11 is 0. The van der Waals surface area contributed by atoms with Crippen LogP contribution in [-0.2, 0) is 4.79 Å². The van der Waals surface area contributed by atoms with E-state index in [1.165, 1.54) is 19.4 Å². The van der Waals surface area contributed by atoms with Gasteiger partial charge < -0.3 is 15.2 Å². The predicted octanol–water partition coefficient (Wildman–Crippen LogP) is 2.66. The third kappa shape index (κ3) is 4.74. The number of hydrogen-bond donors (Lipinski definition) is 3. The first-order chi connectivity index (χ1) is 11.5. The van der Waals surface area contributed by atoms with Crippen LogP contribution in [0.4, 0.5) is 5.69 Å². The number of methoxy groups -OCH3 is 1. The standard InChI is InChI=1S/C18H21N3O3/c1-12-4-6-15(7-5-12)20-13(2)18(23)21-19-11-14-10-16(24-3)8-9-17(14)22/h4-11,13,20,22H,1-3H3,(H,21,23)/b19-11-/t13-/m1/s1. The molecule has 2 rings (SSSR count). The largest absolute Gasteiger partial charge is 0.507 e. The molecule has 6 heteroatoms. The van der Waals surface area contributed by atoms with Gasteiger partial charge in [0.2, 0.25) is 0 Å². The zero-order chi connectivity index (χ0) is 17.5. The SMILES string of the molecule is COc1ccc(O)c(/C=N\NC(=O)[C@@H](C)Nc2ccc(C)cc2)c1. The van der Waals surface area contributed by atoms with Crippen molar-refractivity contribution in [3.05, 3.63) is 53.6 Å². The number of phenolic OH excluding ortho intramolecular Hbond substituents is 1. The third-order valence-electron chi connectivity index (χ3n) is 3.44. The number of amides is 1. The number of phenols is 1. The highest BCUT2D eigenvalue weighted by Gasteiger charge is 2.11. The normalized spacial score (nSPS) is 12.0. The van der Waals surface area contributed by atoms with E-state index >= 15 is 0 Å². The topological polar surface area (TPSA) is 83.0 Å². The Balaban J connectivity index is 1.93. The lowest BCUT2D eigenvalue weighted by Crippen LogP contribution is -2.34. The highest BCUT2D eigenvalue weighted by molar-refractivity contribution is 5.88. The Kier molecular flexibility index (Phi) is 5.78. The van der Waals surface area contributed by atoms with E-state index in [1.807, 2.05) is 31.2 Å². The molecule has 0 aliphatic heterocycles. The van der Waals surface area contributed by atoms with Gasteiger partial charge in [0, 0.05) is 11.3 Å². The number of hydrazone groups is 1. The highest BCUT2D eigenvalue weighted by atomic mass is 16.5. The van der Waals surface area contributed by atoms with Gasteiger partial charge in [-0.2, -0.15) is 5.10 Å². The Morgan fingerprint density at radius 1 is 1.25 bits per heavy atom. The molecule has 0 saturated carbocycles. The summed E-state index contributed by atoms with van der Waals surface area (Å²) in [6.45, 7) is 3.75. The molecule has 6 nitrogen and oxygen atoms in total. The van der Waals surface area contributed by atoms with Gasteiger partial charge >= 0.3 is 0 Å². The number of aromatic hydroxyl groups is 1. The van der Waals surface area contributed by atoms with Gasteiger partial charge in [0.15, 0.2) is 0 Å². The van der Waals surface area contributed by atoms with Crippen LogP contribution in [0, 0.1) is 6.92 Å². The summed E-state index contributed by atoms with van der Waals surface area (Å²) in [6.07, 6.45) is 1.37. The maximum Gasteiger partial charge on any atom is 0.262 e. The molecule has 0 radical (unpaired) electrons. The van der Waals surface area contributed by atoms with E-state index in [1.54, 1.807) is 19.1 Å². The summed E-state index contributed by atoms with van der Waals surface area (Å²) in [7, 11) is 1.54. The first-order valence-electron chi connectivity index (χ1n) is 7.52. The number of benzene rings is 2. The van der Waals surface area contributed by atoms with Crippen LogP contribution in [0.3, 0.4) is 0 Å². The number of hydrogen-bond acceptors (Lipinski definition) is 5. The molecule has 2 aromatic rings. The number of rotatable bonds is 6. The van der Waals surface area contributed by atoms with Crippen molar-refractivity contribution in [1.29, 1.82) is 0 Å². The zero-order valence-electron chi connectivity index (χ0n) is 13.9. The fraction of sp³-hybridized carbons (Fsp3) is 0.222. The average Bonchev–Trinajstić information content (AvgIpc) is 2.58. The molecule has 0 aromatic heterocycles. The van der Waals surface area contributed by atoms with Crippen LogP contribution in [0.25, 0.3) is 0 Å². The lowest BCUT2D eigenvalue weighted by atomic mass is 10.2. The van der Waals surface area contributed by atoms with Gasteiger partial charge in [0.25, 0.3) is 5.91 Å². The van der Waals surface area contributed by atoms with Crippen molar-refractivity contribution in [3.8, 4) is 11.5 Å². The number of nitrogens with one attached hydrogen (secondary N) is 2. The van der Waals surface area contributed by atoms with Gasteiger partial charge in [-0.15, -0.1) is 0 Å². The first-order valence-corrected chi connectivity index (χ1v) is 7.52. The van der Waals surface area contributed by atoms with Gasteiger partial charge in [-0.3, -0.25) is 4.79 Å². The number of nitrogens with zero attached hydrogens (tertiary/aromatic N) is 1. The molecule has 0 aliphatic rings. The third-order valence-corrected chi connectivity index (χ3v) is 3.44. The van der Waals surface area contributed by atoms with E-state index < -0.39 is 6.04 Å². The molecule has 126 valence electrons. The fourth-order valence-electron chi connectivity index (χ4n) is 1.99. The average molecular weight is 327 g/mol. The molecule has 0 unspecified atom stereocenters. The number of carbonyl (C=O) groups excluding carboxylic acids is 1. The van der Waals surface area contributed by atoms with E-state index in [-0.39, 0.29) is 11.7 Å². The van der Waals surface area contributed by atoms with Crippen LogP contribution >= 0.6 is 0 Å². The lowest BCUT2D eigenvalue weighted by Gasteiger charge is -2.13. The summed E-state index contributed by atoms with van der Waals surface area (Å²) in [5, 5.41) is 16.7. The quantitative estimate of drug-likeness (QED) is 0.563. The Hall–Kier alpha value is -3.02. The van der Waals surface area contributed by atoms with Crippen molar-refractivity contribution in [2.75, 3.05) is 12.4 Å². The molecule has 0 heterocycles. The monoisotopic (exact) mass is 327 g/mol. The van der Waals surface area contributed by atoms with Crippen molar-refractivity contribution in [2.24, 2.45) is 5.10 Å². The van der Waals surface area contributed by atoms with E-state index in [0.717, 1.165) is 11.3 Å². The summed E-state index contributed by atoms with van der Waals surface area (Å²) in [6, 6.07) is 12.1. The van der Waals surface area contributed by atoms with E-state index in [9.17, 15) is 9.90 Å². The maximum atomic E-state index is 12.0. The minimum atomic E-state index is -0.455. The molecule has 0 spiro atoms. The minimum absolute atomic E-state index is 0.0552. The van der Waals surface area contributed by atoms with Crippen LogP contribution in [0.15, 0.2) is 47.6 Å². The van der Waals surface area contributed by atoms with Crippen LogP contribution in [0.2, 0.25) is 0 Å². The molecule has 0 bridgehead atoms. The summed E-state index contributed by atoms with van der Waals surface area (Å²) in [4.78, 5) is 12.0. The van der Waals surface area contributed by atoms with Crippen LogP contribution in [0.5, 0.6) is 11.5 Å².